The van der Waals surface area contributed by atoms with E-state index in [1.807, 2.05) is 11.8 Å². The fraction of sp³-hybridized carbons (Fsp3) is 0.818. The van der Waals surface area contributed by atoms with Gasteiger partial charge in [-0.1, -0.05) is 6.92 Å². The van der Waals surface area contributed by atoms with Gasteiger partial charge in [-0.3, -0.25) is 9.59 Å². The topological polar surface area (TPSA) is 66.6 Å². The van der Waals surface area contributed by atoms with Gasteiger partial charge in [0, 0.05) is 32.6 Å². The number of carbonyl (C=O) groups is 2. The van der Waals surface area contributed by atoms with E-state index in [9.17, 15) is 9.59 Å². The van der Waals surface area contributed by atoms with E-state index < -0.39 is 6.04 Å². The van der Waals surface area contributed by atoms with Crippen LogP contribution >= 0.6 is 0 Å². The molecule has 1 aliphatic heterocycles. The second-order valence-electron chi connectivity index (χ2n) is 4.20. The molecule has 0 spiro atoms. The number of nitrogens with zero attached hydrogens (tertiary/aromatic N) is 2. The van der Waals surface area contributed by atoms with Gasteiger partial charge in [0.05, 0.1) is 6.04 Å². The lowest BCUT2D eigenvalue weighted by Gasteiger charge is -2.23. The molecule has 1 rings (SSSR count). The van der Waals surface area contributed by atoms with Crippen molar-refractivity contribution in [3.05, 3.63) is 0 Å². The standard InChI is InChI=1S/C11H21N3O2/c1-3-10(15)13-5-4-6-14(8-7-13)11(16)9(2)12/h9H,3-8,12H2,1-2H3. The van der Waals surface area contributed by atoms with Crippen LogP contribution in [0.1, 0.15) is 26.7 Å². The molecule has 5 heteroatoms. The average molecular weight is 227 g/mol. The van der Waals surface area contributed by atoms with Gasteiger partial charge in [-0.15, -0.1) is 0 Å². The molecule has 2 amide bonds. The Hall–Kier alpha value is -1.10. The minimum Gasteiger partial charge on any atom is -0.341 e. The Labute approximate surface area is 96.6 Å². The van der Waals surface area contributed by atoms with Gasteiger partial charge >= 0.3 is 0 Å². The molecule has 1 aliphatic rings. The van der Waals surface area contributed by atoms with E-state index in [1.54, 1.807) is 11.8 Å². The molecule has 0 aromatic carbocycles. The fourth-order valence-corrected chi connectivity index (χ4v) is 1.90. The zero-order chi connectivity index (χ0) is 12.1. The van der Waals surface area contributed by atoms with Crippen LogP contribution in [0.3, 0.4) is 0 Å². The third kappa shape index (κ3) is 3.20. The molecule has 1 atom stereocenters. The van der Waals surface area contributed by atoms with E-state index in [0.29, 0.717) is 26.1 Å². The monoisotopic (exact) mass is 227 g/mol. The minimum absolute atomic E-state index is 0.0224. The van der Waals surface area contributed by atoms with Crippen LogP contribution in [0.2, 0.25) is 0 Å². The van der Waals surface area contributed by atoms with Gasteiger partial charge in [-0.2, -0.15) is 0 Å². The summed E-state index contributed by atoms with van der Waals surface area (Å²) in [6, 6.07) is -0.451. The largest absolute Gasteiger partial charge is 0.341 e. The van der Waals surface area contributed by atoms with Crippen LogP contribution in [0.25, 0.3) is 0 Å². The molecule has 16 heavy (non-hydrogen) atoms. The van der Waals surface area contributed by atoms with Crippen molar-refractivity contribution in [2.24, 2.45) is 5.73 Å². The predicted octanol–water partition coefficient (Wildman–Crippen LogP) is -0.195. The molecule has 2 N–H and O–H groups in total. The summed E-state index contributed by atoms with van der Waals surface area (Å²) in [4.78, 5) is 26.8. The number of hydrogen-bond donors (Lipinski definition) is 1. The van der Waals surface area contributed by atoms with E-state index in [1.165, 1.54) is 0 Å². The summed E-state index contributed by atoms with van der Waals surface area (Å²) < 4.78 is 0. The average Bonchev–Trinajstić information content (AvgIpc) is 2.52. The normalized spacial score (nSPS) is 19.2. The summed E-state index contributed by atoms with van der Waals surface area (Å²) in [5.74, 6) is 0.140. The zero-order valence-electron chi connectivity index (χ0n) is 10.1. The summed E-state index contributed by atoms with van der Waals surface area (Å²) >= 11 is 0. The molecule has 0 aromatic rings. The molecule has 0 aliphatic carbocycles. The lowest BCUT2D eigenvalue weighted by Crippen LogP contribution is -2.44. The molecule has 0 saturated carbocycles. The molecule has 92 valence electrons. The highest BCUT2D eigenvalue weighted by molar-refractivity contribution is 5.81. The van der Waals surface area contributed by atoms with Crippen molar-refractivity contribution in [1.29, 1.82) is 0 Å². The van der Waals surface area contributed by atoms with Crippen LogP contribution in [0.4, 0.5) is 0 Å². The third-order valence-corrected chi connectivity index (χ3v) is 2.85. The van der Waals surface area contributed by atoms with Gasteiger partial charge in [0.2, 0.25) is 11.8 Å². The van der Waals surface area contributed by atoms with Gasteiger partial charge in [0.1, 0.15) is 0 Å². The molecule has 5 nitrogen and oxygen atoms in total. The number of rotatable bonds is 2. The Kier molecular flexibility index (Phi) is 4.73. The number of carbonyl (C=O) groups excluding carboxylic acids is 2. The quantitative estimate of drug-likeness (QED) is 0.710. The predicted molar refractivity (Wildman–Crippen MR) is 61.7 cm³/mol. The first-order chi connectivity index (χ1) is 7.56. The molecular formula is C11H21N3O2. The van der Waals surface area contributed by atoms with Crippen LogP contribution in [0, 0.1) is 0 Å². The first kappa shape index (κ1) is 13.0. The van der Waals surface area contributed by atoms with E-state index >= 15 is 0 Å². The van der Waals surface area contributed by atoms with E-state index in [-0.39, 0.29) is 11.8 Å². The second kappa shape index (κ2) is 5.84. The molecule has 1 heterocycles. The smallest absolute Gasteiger partial charge is 0.239 e. The van der Waals surface area contributed by atoms with Gasteiger partial charge in [0.25, 0.3) is 0 Å². The fourth-order valence-electron chi connectivity index (χ4n) is 1.90. The van der Waals surface area contributed by atoms with Crippen LogP contribution in [0.15, 0.2) is 0 Å². The summed E-state index contributed by atoms with van der Waals surface area (Å²) in [7, 11) is 0. The molecule has 0 bridgehead atoms. The maximum atomic E-state index is 11.7. The summed E-state index contributed by atoms with van der Waals surface area (Å²) in [6.07, 6.45) is 1.37. The summed E-state index contributed by atoms with van der Waals surface area (Å²) in [5, 5.41) is 0. The van der Waals surface area contributed by atoms with Crippen molar-refractivity contribution in [2.75, 3.05) is 26.2 Å². The van der Waals surface area contributed by atoms with Crippen LogP contribution in [-0.2, 0) is 9.59 Å². The Bertz CT molecular complexity index is 266. The maximum Gasteiger partial charge on any atom is 0.239 e. The van der Waals surface area contributed by atoms with Crippen LogP contribution < -0.4 is 5.73 Å². The van der Waals surface area contributed by atoms with Gasteiger partial charge < -0.3 is 15.5 Å². The lowest BCUT2D eigenvalue weighted by molar-refractivity contribution is -0.133. The van der Waals surface area contributed by atoms with Crippen molar-refractivity contribution in [3.8, 4) is 0 Å². The van der Waals surface area contributed by atoms with E-state index in [2.05, 4.69) is 0 Å². The number of amides is 2. The molecule has 1 saturated heterocycles. The van der Waals surface area contributed by atoms with Crippen molar-refractivity contribution in [3.63, 3.8) is 0 Å². The molecule has 1 unspecified atom stereocenters. The van der Waals surface area contributed by atoms with E-state index in [0.717, 1.165) is 13.0 Å². The second-order valence-corrected chi connectivity index (χ2v) is 4.20. The first-order valence-corrected chi connectivity index (χ1v) is 5.88. The number of hydrogen-bond acceptors (Lipinski definition) is 3. The molecule has 1 fully saturated rings. The number of nitrogens with two attached hydrogens (primary N) is 1. The highest BCUT2D eigenvalue weighted by atomic mass is 16.2. The van der Waals surface area contributed by atoms with Gasteiger partial charge in [-0.25, -0.2) is 0 Å². The minimum atomic E-state index is -0.451. The molecule has 0 radical (unpaired) electrons. The lowest BCUT2D eigenvalue weighted by atomic mass is 10.3. The SMILES string of the molecule is CCC(=O)N1CCCN(C(=O)C(C)N)CC1. The molecular weight excluding hydrogens is 206 g/mol. The Balaban J connectivity index is 2.52. The van der Waals surface area contributed by atoms with Crippen molar-refractivity contribution >= 4 is 11.8 Å². The Morgan fingerprint density at radius 2 is 1.75 bits per heavy atom. The highest BCUT2D eigenvalue weighted by Crippen LogP contribution is 2.06. The van der Waals surface area contributed by atoms with Crippen molar-refractivity contribution in [2.45, 2.75) is 32.7 Å². The Morgan fingerprint density at radius 3 is 2.31 bits per heavy atom. The van der Waals surface area contributed by atoms with Crippen molar-refractivity contribution in [1.82, 2.24) is 9.80 Å². The van der Waals surface area contributed by atoms with Crippen LogP contribution in [0.5, 0.6) is 0 Å². The maximum absolute atomic E-state index is 11.7. The Morgan fingerprint density at radius 1 is 1.19 bits per heavy atom. The molecule has 0 aromatic heterocycles. The summed E-state index contributed by atoms with van der Waals surface area (Å²) in [6.45, 7) is 6.24. The summed E-state index contributed by atoms with van der Waals surface area (Å²) in [5.41, 5.74) is 5.57. The third-order valence-electron chi connectivity index (χ3n) is 2.85. The zero-order valence-corrected chi connectivity index (χ0v) is 10.1. The van der Waals surface area contributed by atoms with Gasteiger partial charge in [0.15, 0.2) is 0 Å². The van der Waals surface area contributed by atoms with Crippen molar-refractivity contribution < 1.29 is 9.59 Å². The highest BCUT2D eigenvalue weighted by Gasteiger charge is 2.22. The van der Waals surface area contributed by atoms with Crippen LogP contribution in [-0.4, -0.2) is 53.8 Å². The van der Waals surface area contributed by atoms with Gasteiger partial charge in [-0.05, 0) is 13.3 Å². The first-order valence-electron chi connectivity index (χ1n) is 5.88. The van der Waals surface area contributed by atoms with E-state index in [4.69, 9.17) is 5.73 Å².